The van der Waals surface area contributed by atoms with E-state index in [1.54, 1.807) is 7.05 Å². The lowest BCUT2D eigenvalue weighted by Crippen LogP contribution is -2.36. The summed E-state index contributed by atoms with van der Waals surface area (Å²) in [6.45, 7) is 14.3. The van der Waals surface area contributed by atoms with E-state index >= 15 is 0 Å². The fourth-order valence-corrected chi connectivity index (χ4v) is 3.14. The van der Waals surface area contributed by atoms with Crippen molar-refractivity contribution in [3.8, 4) is 0 Å². The number of carbonyl (C=O) groups is 1. The minimum atomic E-state index is -0.504. The zero-order valence-corrected chi connectivity index (χ0v) is 24.7. The average molecular weight is 568 g/mol. The summed E-state index contributed by atoms with van der Waals surface area (Å²) in [4.78, 5) is 13.3. The van der Waals surface area contributed by atoms with Crippen LogP contribution in [0.1, 0.15) is 40.0 Å². The zero-order valence-electron chi connectivity index (χ0n) is 24.7. The summed E-state index contributed by atoms with van der Waals surface area (Å²) in [6, 6.07) is 0. The van der Waals surface area contributed by atoms with E-state index in [1.807, 2.05) is 20.8 Å². The molecule has 1 amide bonds. The highest BCUT2D eigenvalue weighted by Crippen LogP contribution is 2.13. The summed E-state index contributed by atoms with van der Waals surface area (Å²) in [6.07, 6.45) is 2.83. The van der Waals surface area contributed by atoms with Crippen molar-refractivity contribution >= 4 is 6.09 Å². The van der Waals surface area contributed by atoms with Gasteiger partial charge in [-0.3, -0.25) is 0 Å². The number of amides is 1. The number of ether oxygens (including phenoxy) is 10. The number of carbonyl (C=O) groups excluding carboxylic acids is 1. The second kappa shape index (κ2) is 24.7. The van der Waals surface area contributed by atoms with Crippen molar-refractivity contribution in [2.24, 2.45) is 0 Å². The molecule has 1 unspecified atom stereocenters. The third-order valence-corrected chi connectivity index (χ3v) is 5.18. The normalized spacial score (nSPS) is 15.9. The molecule has 1 rings (SSSR count). The first-order chi connectivity index (χ1) is 18.9. The van der Waals surface area contributed by atoms with Crippen LogP contribution in [0.4, 0.5) is 4.79 Å². The second-order valence-corrected chi connectivity index (χ2v) is 9.86. The molecule has 0 spiro atoms. The van der Waals surface area contributed by atoms with E-state index in [4.69, 9.17) is 47.4 Å². The van der Waals surface area contributed by atoms with Crippen LogP contribution >= 0.6 is 0 Å². The van der Waals surface area contributed by atoms with E-state index in [1.165, 1.54) is 4.90 Å². The van der Waals surface area contributed by atoms with Gasteiger partial charge >= 0.3 is 6.09 Å². The van der Waals surface area contributed by atoms with Gasteiger partial charge in [-0.05, 0) is 40.0 Å². The molecule has 1 atom stereocenters. The number of nitrogens with zero attached hydrogens (tertiary/aromatic N) is 1. The topological polar surface area (TPSA) is 113 Å². The molecule has 232 valence electrons. The summed E-state index contributed by atoms with van der Waals surface area (Å²) in [5, 5.41) is 0. The van der Waals surface area contributed by atoms with Crippen LogP contribution in [0.2, 0.25) is 0 Å². The van der Waals surface area contributed by atoms with Crippen molar-refractivity contribution in [2.45, 2.75) is 51.9 Å². The third kappa shape index (κ3) is 24.4. The molecule has 1 fully saturated rings. The summed E-state index contributed by atoms with van der Waals surface area (Å²) >= 11 is 0. The molecular formula is C27H53NO11. The number of hydrogen-bond acceptors (Lipinski definition) is 11. The van der Waals surface area contributed by atoms with Crippen molar-refractivity contribution < 1.29 is 52.2 Å². The highest BCUT2D eigenvalue weighted by atomic mass is 16.7. The Morgan fingerprint density at radius 2 is 1.08 bits per heavy atom. The Labute approximate surface area is 234 Å². The van der Waals surface area contributed by atoms with Crippen LogP contribution in [0.3, 0.4) is 0 Å². The number of likely N-dealkylation sites (N-methyl/N-ethyl adjacent to an activating group) is 1. The van der Waals surface area contributed by atoms with Crippen LogP contribution in [0.25, 0.3) is 0 Å². The third-order valence-electron chi connectivity index (χ3n) is 5.18. The lowest BCUT2D eigenvalue weighted by Gasteiger charge is -2.24. The number of hydrogen-bond donors (Lipinski definition) is 0. The maximum Gasteiger partial charge on any atom is 0.410 e. The van der Waals surface area contributed by atoms with Crippen LogP contribution in [0.5, 0.6) is 0 Å². The zero-order chi connectivity index (χ0) is 28.4. The van der Waals surface area contributed by atoms with E-state index < -0.39 is 5.60 Å². The Morgan fingerprint density at radius 1 is 0.667 bits per heavy atom. The lowest BCUT2D eigenvalue weighted by atomic mass is 10.2. The molecule has 0 N–H and O–H groups in total. The van der Waals surface area contributed by atoms with Crippen molar-refractivity contribution in [1.29, 1.82) is 0 Å². The summed E-state index contributed by atoms with van der Waals surface area (Å²) in [7, 11) is 1.68. The molecule has 1 aliphatic rings. The quantitative estimate of drug-likeness (QED) is 0.152. The van der Waals surface area contributed by atoms with E-state index in [-0.39, 0.29) is 12.4 Å². The minimum Gasteiger partial charge on any atom is -0.444 e. The fraction of sp³-hybridized carbons (Fsp3) is 0.963. The largest absolute Gasteiger partial charge is 0.444 e. The molecule has 12 heteroatoms. The van der Waals surface area contributed by atoms with Crippen LogP contribution in [-0.4, -0.2) is 142 Å². The van der Waals surface area contributed by atoms with E-state index in [0.29, 0.717) is 106 Å². The molecule has 1 saturated heterocycles. The molecule has 12 nitrogen and oxygen atoms in total. The molecule has 0 radical (unpaired) electrons. The van der Waals surface area contributed by atoms with Crippen LogP contribution < -0.4 is 0 Å². The van der Waals surface area contributed by atoms with Crippen molar-refractivity contribution in [2.75, 3.05) is 119 Å². The van der Waals surface area contributed by atoms with E-state index in [9.17, 15) is 4.79 Å². The molecule has 0 saturated carbocycles. The maximum atomic E-state index is 11.8. The summed E-state index contributed by atoms with van der Waals surface area (Å²) < 4.78 is 54.6. The van der Waals surface area contributed by atoms with Crippen molar-refractivity contribution in [3.63, 3.8) is 0 Å². The van der Waals surface area contributed by atoms with Crippen LogP contribution in [0, 0.1) is 0 Å². The van der Waals surface area contributed by atoms with Gasteiger partial charge in [-0.15, -0.1) is 0 Å². The highest BCUT2D eigenvalue weighted by molar-refractivity contribution is 5.67. The minimum absolute atomic E-state index is 0.0666. The van der Waals surface area contributed by atoms with E-state index in [2.05, 4.69) is 0 Å². The molecule has 39 heavy (non-hydrogen) atoms. The maximum absolute atomic E-state index is 11.8. The molecule has 0 aromatic heterocycles. The summed E-state index contributed by atoms with van der Waals surface area (Å²) in [5.74, 6) is 0. The Morgan fingerprint density at radius 3 is 1.46 bits per heavy atom. The lowest BCUT2D eigenvalue weighted by molar-refractivity contribution is -0.169. The first-order valence-electron chi connectivity index (χ1n) is 14.1. The average Bonchev–Trinajstić information content (AvgIpc) is 2.90. The van der Waals surface area contributed by atoms with Crippen molar-refractivity contribution in [1.82, 2.24) is 4.90 Å². The Kier molecular flexibility index (Phi) is 22.7. The Balaban J connectivity index is 1.68. The molecule has 0 aromatic rings. The van der Waals surface area contributed by atoms with Gasteiger partial charge in [0.2, 0.25) is 0 Å². The first-order valence-corrected chi connectivity index (χ1v) is 14.1. The molecule has 0 aliphatic carbocycles. The second-order valence-electron chi connectivity index (χ2n) is 9.86. The molecule has 0 aromatic carbocycles. The van der Waals surface area contributed by atoms with Gasteiger partial charge in [0.15, 0.2) is 6.29 Å². The standard InChI is InChI=1S/C27H53NO11/c1-27(2,3)39-26(29)28(4)8-10-30-11-12-31-13-14-32-15-16-33-17-18-34-19-20-35-21-22-36-23-24-38-25-7-5-6-9-37-25/h25H,5-24H2,1-4H3. The molecule has 0 bridgehead atoms. The predicted octanol–water partition coefficient (Wildman–Crippen LogP) is 2.51. The van der Waals surface area contributed by atoms with Gasteiger partial charge in [0.05, 0.1) is 99.1 Å². The molecular weight excluding hydrogens is 514 g/mol. The van der Waals surface area contributed by atoms with Gasteiger partial charge in [-0.25, -0.2) is 4.79 Å². The molecule has 1 heterocycles. The van der Waals surface area contributed by atoms with Gasteiger partial charge in [-0.2, -0.15) is 0 Å². The highest BCUT2D eigenvalue weighted by Gasteiger charge is 2.19. The van der Waals surface area contributed by atoms with Crippen LogP contribution in [-0.2, 0) is 47.4 Å². The Hall–Kier alpha value is -1.09. The SMILES string of the molecule is CN(CCOCCOCCOCCOCCOCCOCCOCCOC1CCCCO1)C(=O)OC(C)(C)C. The summed E-state index contributed by atoms with van der Waals surface area (Å²) in [5.41, 5.74) is -0.504. The van der Waals surface area contributed by atoms with Gasteiger partial charge in [0.25, 0.3) is 0 Å². The fourth-order valence-electron chi connectivity index (χ4n) is 3.14. The van der Waals surface area contributed by atoms with Gasteiger partial charge in [0, 0.05) is 20.2 Å². The molecule has 1 aliphatic heterocycles. The monoisotopic (exact) mass is 567 g/mol. The van der Waals surface area contributed by atoms with Crippen LogP contribution in [0.15, 0.2) is 0 Å². The van der Waals surface area contributed by atoms with Crippen molar-refractivity contribution in [3.05, 3.63) is 0 Å². The smallest absolute Gasteiger partial charge is 0.410 e. The Bertz CT molecular complexity index is 556. The van der Waals surface area contributed by atoms with E-state index in [0.717, 1.165) is 25.9 Å². The van der Waals surface area contributed by atoms with Gasteiger partial charge < -0.3 is 52.3 Å². The predicted molar refractivity (Wildman–Crippen MR) is 144 cm³/mol. The first kappa shape index (κ1) is 35.9. The van der Waals surface area contributed by atoms with Gasteiger partial charge in [-0.1, -0.05) is 0 Å². The van der Waals surface area contributed by atoms with Gasteiger partial charge in [0.1, 0.15) is 5.60 Å². The number of rotatable bonds is 25.